The topological polar surface area (TPSA) is 78.0 Å². The van der Waals surface area contributed by atoms with Crippen LogP contribution in [0.25, 0.3) is 0 Å². The highest BCUT2D eigenvalue weighted by Crippen LogP contribution is 2.33. The largest absolute Gasteiger partial charge is 0.490 e. The van der Waals surface area contributed by atoms with Crippen LogP contribution in [-0.4, -0.2) is 50.1 Å². The van der Waals surface area contributed by atoms with E-state index in [1.54, 1.807) is 24.3 Å². The van der Waals surface area contributed by atoms with E-state index in [9.17, 15) is 8.42 Å². The first kappa shape index (κ1) is 18.1. The number of rotatable bonds is 4. The molecular weight excluding hydrogens is 368 g/mol. The van der Waals surface area contributed by atoms with Gasteiger partial charge in [-0.3, -0.25) is 0 Å². The van der Waals surface area contributed by atoms with Gasteiger partial charge in [0.25, 0.3) is 0 Å². The minimum atomic E-state index is -3.62. The molecule has 0 spiro atoms. The Morgan fingerprint density at radius 3 is 2.78 bits per heavy atom. The molecule has 0 aliphatic carbocycles. The summed E-state index contributed by atoms with van der Waals surface area (Å²) in [6, 6.07) is 10.3. The van der Waals surface area contributed by atoms with Crippen molar-refractivity contribution in [3.8, 4) is 17.4 Å². The molecule has 1 aromatic heterocycles. The van der Waals surface area contributed by atoms with E-state index < -0.39 is 10.0 Å². The summed E-state index contributed by atoms with van der Waals surface area (Å²) >= 11 is 0. The van der Waals surface area contributed by atoms with Crippen LogP contribution in [-0.2, 0) is 10.0 Å². The number of hydrogen-bond acceptors (Lipinski definition) is 6. The minimum Gasteiger partial charge on any atom is -0.490 e. The lowest BCUT2D eigenvalue weighted by molar-refractivity contribution is 0.206. The number of hydrogen-bond donors (Lipinski definition) is 0. The molecule has 0 saturated carbocycles. The third-order valence-corrected chi connectivity index (χ3v) is 6.48. The summed E-state index contributed by atoms with van der Waals surface area (Å²) in [6.07, 6.45) is 1.18. The predicted molar refractivity (Wildman–Crippen MR) is 98.8 cm³/mol. The Morgan fingerprint density at radius 2 is 1.96 bits per heavy atom. The maximum atomic E-state index is 13.0. The fourth-order valence-electron chi connectivity index (χ4n) is 3.22. The Hall–Kier alpha value is -2.32. The summed E-state index contributed by atoms with van der Waals surface area (Å²) in [5, 5.41) is 0. The van der Waals surface area contributed by atoms with Crippen LogP contribution in [0.15, 0.2) is 41.3 Å². The van der Waals surface area contributed by atoms with Gasteiger partial charge in [0, 0.05) is 30.8 Å². The van der Waals surface area contributed by atoms with Gasteiger partial charge in [-0.15, -0.1) is 0 Å². The highest BCUT2D eigenvalue weighted by molar-refractivity contribution is 7.89. The lowest BCUT2D eigenvalue weighted by Gasteiger charge is -2.18. The normalized spacial score (nSPS) is 20.3. The van der Waals surface area contributed by atoms with Gasteiger partial charge >= 0.3 is 0 Å². The second-order valence-electron chi connectivity index (χ2n) is 6.67. The first-order valence-corrected chi connectivity index (χ1v) is 10.5. The van der Waals surface area contributed by atoms with Crippen LogP contribution >= 0.6 is 0 Å². The van der Waals surface area contributed by atoms with Gasteiger partial charge in [0.2, 0.25) is 15.9 Å². The van der Waals surface area contributed by atoms with E-state index in [2.05, 4.69) is 4.98 Å². The van der Waals surface area contributed by atoms with Crippen molar-refractivity contribution in [2.24, 2.45) is 0 Å². The van der Waals surface area contributed by atoms with E-state index in [1.165, 1.54) is 4.31 Å². The second kappa shape index (κ2) is 7.36. The molecule has 27 heavy (non-hydrogen) atoms. The maximum absolute atomic E-state index is 13.0. The fraction of sp³-hybridized carbons (Fsp3) is 0.421. The summed E-state index contributed by atoms with van der Waals surface area (Å²) in [4.78, 5) is 4.53. The van der Waals surface area contributed by atoms with Crippen molar-refractivity contribution in [3.05, 3.63) is 42.1 Å². The third kappa shape index (κ3) is 3.86. The molecule has 7 nitrogen and oxygen atoms in total. The number of aryl methyl sites for hydroxylation is 1. The second-order valence-corrected chi connectivity index (χ2v) is 8.61. The molecule has 1 fully saturated rings. The van der Waals surface area contributed by atoms with Crippen LogP contribution in [0.3, 0.4) is 0 Å². The zero-order chi connectivity index (χ0) is 18.9. The number of pyridine rings is 1. The minimum absolute atomic E-state index is 0.209. The number of sulfonamides is 1. The van der Waals surface area contributed by atoms with Crippen molar-refractivity contribution in [3.63, 3.8) is 0 Å². The first-order valence-electron chi connectivity index (χ1n) is 9.02. The Balaban J connectivity index is 1.49. The van der Waals surface area contributed by atoms with Gasteiger partial charge in [0.05, 0.1) is 24.7 Å². The van der Waals surface area contributed by atoms with Crippen molar-refractivity contribution in [1.82, 2.24) is 9.29 Å². The summed E-state index contributed by atoms with van der Waals surface area (Å²) in [6.45, 7) is 3.68. The van der Waals surface area contributed by atoms with Crippen molar-refractivity contribution < 1.29 is 22.6 Å². The molecule has 1 atom stereocenters. The van der Waals surface area contributed by atoms with Crippen molar-refractivity contribution in [2.75, 3.05) is 26.3 Å². The van der Waals surface area contributed by atoms with Crippen LogP contribution in [0, 0.1) is 6.92 Å². The molecule has 1 aromatic carbocycles. The van der Waals surface area contributed by atoms with Crippen LogP contribution in [0.5, 0.6) is 17.4 Å². The van der Waals surface area contributed by atoms with E-state index >= 15 is 0 Å². The summed E-state index contributed by atoms with van der Waals surface area (Å²) in [7, 11) is -3.62. The predicted octanol–water partition coefficient (Wildman–Crippen LogP) is 2.39. The van der Waals surface area contributed by atoms with Crippen molar-refractivity contribution in [2.45, 2.75) is 30.8 Å². The van der Waals surface area contributed by atoms with Gasteiger partial charge in [0.1, 0.15) is 6.10 Å². The SMILES string of the molecule is Cc1cccc(OC2CCN(S(=O)(=O)c3ccc4c(c3)OCCCO4)C2)n1. The Kier molecular flexibility index (Phi) is 4.92. The molecule has 8 heteroatoms. The fourth-order valence-corrected chi connectivity index (χ4v) is 4.72. The molecule has 2 aliphatic heterocycles. The van der Waals surface area contributed by atoms with E-state index in [0.717, 1.165) is 12.1 Å². The number of ether oxygens (including phenoxy) is 3. The van der Waals surface area contributed by atoms with Gasteiger partial charge in [-0.2, -0.15) is 4.31 Å². The van der Waals surface area contributed by atoms with Crippen molar-refractivity contribution >= 4 is 10.0 Å². The first-order chi connectivity index (χ1) is 13.0. The lowest BCUT2D eigenvalue weighted by Crippen LogP contribution is -2.31. The Morgan fingerprint density at radius 1 is 1.15 bits per heavy atom. The molecule has 144 valence electrons. The highest BCUT2D eigenvalue weighted by Gasteiger charge is 2.34. The van der Waals surface area contributed by atoms with Gasteiger partial charge < -0.3 is 14.2 Å². The standard InChI is InChI=1S/C19H22N2O5S/c1-14-4-2-5-19(20-14)26-15-8-9-21(13-15)27(22,23)16-6-7-17-18(12-16)25-11-3-10-24-17/h2,4-7,12,15H,3,8-11,13H2,1H3. The quantitative estimate of drug-likeness (QED) is 0.798. The van der Waals surface area contributed by atoms with E-state index in [0.29, 0.717) is 50.1 Å². The average molecular weight is 390 g/mol. The molecule has 1 saturated heterocycles. The average Bonchev–Trinajstić information content (AvgIpc) is 2.99. The monoisotopic (exact) mass is 390 g/mol. The summed E-state index contributed by atoms with van der Waals surface area (Å²) in [5.41, 5.74) is 0.863. The number of fused-ring (bicyclic) bond motifs is 1. The molecule has 4 rings (SSSR count). The number of aromatic nitrogens is 1. The maximum Gasteiger partial charge on any atom is 0.243 e. The molecule has 0 N–H and O–H groups in total. The number of benzene rings is 1. The Labute approximate surface area is 158 Å². The van der Waals surface area contributed by atoms with Crippen LogP contribution < -0.4 is 14.2 Å². The summed E-state index contributed by atoms with van der Waals surface area (Å²) < 4.78 is 44.5. The van der Waals surface area contributed by atoms with E-state index in [1.807, 2.05) is 19.1 Å². The molecular formula is C19H22N2O5S. The van der Waals surface area contributed by atoms with Gasteiger partial charge in [-0.25, -0.2) is 13.4 Å². The lowest BCUT2D eigenvalue weighted by atomic mass is 10.3. The molecule has 2 aliphatic rings. The summed E-state index contributed by atoms with van der Waals surface area (Å²) in [5.74, 6) is 1.58. The molecule has 3 heterocycles. The molecule has 0 radical (unpaired) electrons. The van der Waals surface area contributed by atoms with Gasteiger partial charge in [0.15, 0.2) is 11.5 Å². The smallest absolute Gasteiger partial charge is 0.243 e. The van der Waals surface area contributed by atoms with E-state index in [4.69, 9.17) is 14.2 Å². The molecule has 0 bridgehead atoms. The van der Waals surface area contributed by atoms with Gasteiger partial charge in [-0.1, -0.05) is 6.07 Å². The third-order valence-electron chi connectivity index (χ3n) is 4.61. The van der Waals surface area contributed by atoms with Crippen LogP contribution in [0.1, 0.15) is 18.5 Å². The van der Waals surface area contributed by atoms with Gasteiger partial charge in [-0.05, 0) is 31.5 Å². The number of nitrogens with zero attached hydrogens (tertiary/aromatic N) is 2. The van der Waals surface area contributed by atoms with Crippen LogP contribution in [0.4, 0.5) is 0 Å². The molecule has 1 unspecified atom stereocenters. The molecule has 2 aromatic rings. The highest BCUT2D eigenvalue weighted by atomic mass is 32.2. The Bertz CT molecular complexity index is 931. The van der Waals surface area contributed by atoms with E-state index in [-0.39, 0.29) is 11.0 Å². The zero-order valence-electron chi connectivity index (χ0n) is 15.1. The molecule has 0 amide bonds. The van der Waals surface area contributed by atoms with Crippen LogP contribution in [0.2, 0.25) is 0 Å². The van der Waals surface area contributed by atoms with Crippen molar-refractivity contribution in [1.29, 1.82) is 0 Å². The zero-order valence-corrected chi connectivity index (χ0v) is 15.9.